The van der Waals surface area contributed by atoms with Crippen molar-refractivity contribution in [2.24, 2.45) is 0 Å². The molecule has 0 bridgehead atoms. The molecule has 1 aromatic carbocycles. The molecular formula is C15H19NO2S. The van der Waals surface area contributed by atoms with Crippen LogP contribution in [0.15, 0.2) is 18.2 Å². The minimum atomic E-state index is 0.167. The van der Waals surface area contributed by atoms with Crippen molar-refractivity contribution >= 4 is 11.3 Å². The number of benzene rings is 1. The van der Waals surface area contributed by atoms with E-state index >= 15 is 0 Å². The van der Waals surface area contributed by atoms with Gasteiger partial charge in [0.2, 0.25) is 0 Å². The molecular weight excluding hydrogens is 258 g/mol. The van der Waals surface area contributed by atoms with E-state index in [1.54, 1.807) is 11.3 Å². The smallest absolute Gasteiger partial charge is 0.140 e. The van der Waals surface area contributed by atoms with Crippen molar-refractivity contribution in [1.29, 1.82) is 0 Å². The quantitative estimate of drug-likeness (QED) is 0.912. The van der Waals surface area contributed by atoms with Gasteiger partial charge >= 0.3 is 0 Å². The summed E-state index contributed by atoms with van der Waals surface area (Å²) in [6, 6.07) is 6.06. The summed E-state index contributed by atoms with van der Waals surface area (Å²) in [5.41, 5.74) is 3.40. The van der Waals surface area contributed by atoms with Gasteiger partial charge in [0.05, 0.1) is 5.69 Å². The summed E-state index contributed by atoms with van der Waals surface area (Å²) in [5.74, 6) is 0.913. The van der Waals surface area contributed by atoms with Gasteiger partial charge in [0, 0.05) is 17.9 Å². The number of aromatic nitrogens is 1. The number of aliphatic hydroxyl groups is 1. The van der Waals surface area contributed by atoms with Gasteiger partial charge in [-0.15, -0.1) is 11.3 Å². The summed E-state index contributed by atoms with van der Waals surface area (Å²) in [5, 5.41) is 9.94. The van der Waals surface area contributed by atoms with Crippen LogP contribution in [0.5, 0.6) is 5.75 Å². The Hall–Kier alpha value is -1.39. The zero-order valence-corrected chi connectivity index (χ0v) is 12.4. The normalized spacial score (nSPS) is 10.7. The van der Waals surface area contributed by atoms with Crippen LogP contribution in [0.3, 0.4) is 0 Å². The van der Waals surface area contributed by atoms with E-state index in [9.17, 15) is 0 Å². The number of hydrogen-bond donors (Lipinski definition) is 1. The molecule has 0 aliphatic heterocycles. The Morgan fingerprint density at radius 2 is 2.05 bits per heavy atom. The lowest BCUT2D eigenvalue weighted by Gasteiger charge is -2.09. The first-order valence-corrected chi connectivity index (χ1v) is 7.18. The Morgan fingerprint density at radius 3 is 2.79 bits per heavy atom. The van der Waals surface area contributed by atoms with E-state index in [1.807, 2.05) is 19.1 Å². The summed E-state index contributed by atoms with van der Waals surface area (Å²) in [7, 11) is 0. The Balaban J connectivity index is 2.06. The number of ether oxygens (including phenoxy) is 1. The van der Waals surface area contributed by atoms with Crippen LogP contribution in [0.25, 0.3) is 0 Å². The Morgan fingerprint density at radius 1 is 1.26 bits per heavy atom. The standard InChI is InChI=1S/C15H19NO2S/c1-10-5-4-6-13(11(10)2)18-9-15-16-12(3)14(19-15)7-8-17/h4-6,17H,7-9H2,1-3H3. The van der Waals surface area contributed by atoms with E-state index in [0.29, 0.717) is 13.0 Å². The van der Waals surface area contributed by atoms with Crippen molar-refractivity contribution in [3.05, 3.63) is 44.9 Å². The zero-order valence-electron chi connectivity index (χ0n) is 11.6. The molecule has 3 nitrogen and oxygen atoms in total. The third-order valence-electron chi connectivity index (χ3n) is 3.18. The van der Waals surface area contributed by atoms with Gasteiger partial charge in [0.15, 0.2) is 0 Å². The van der Waals surface area contributed by atoms with E-state index in [2.05, 4.69) is 24.9 Å². The fraction of sp³-hybridized carbons (Fsp3) is 0.400. The van der Waals surface area contributed by atoms with Gasteiger partial charge in [-0.1, -0.05) is 12.1 Å². The van der Waals surface area contributed by atoms with E-state index in [0.717, 1.165) is 21.3 Å². The molecule has 0 spiro atoms. The molecule has 0 aliphatic carbocycles. The van der Waals surface area contributed by atoms with Crippen molar-refractivity contribution in [1.82, 2.24) is 4.98 Å². The summed E-state index contributed by atoms with van der Waals surface area (Å²) in [6.07, 6.45) is 0.674. The Bertz CT molecular complexity index is 563. The fourth-order valence-corrected chi connectivity index (χ4v) is 2.88. The van der Waals surface area contributed by atoms with E-state index in [1.165, 1.54) is 11.1 Å². The molecule has 4 heteroatoms. The highest BCUT2D eigenvalue weighted by Crippen LogP contribution is 2.24. The predicted octanol–water partition coefficient (Wildman–Crippen LogP) is 3.18. The van der Waals surface area contributed by atoms with Crippen LogP contribution >= 0.6 is 11.3 Å². The summed E-state index contributed by atoms with van der Waals surface area (Å²) in [4.78, 5) is 5.62. The monoisotopic (exact) mass is 277 g/mol. The van der Waals surface area contributed by atoms with Crippen molar-refractivity contribution in [3.8, 4) is 5.75 Å². The summed E-state index contributed by atoms with van der Waals surface area (Å²) < 4.78 is 5.84. The Kier molecular flexibility index (Phi) is 4.56. The van der Waals surface area contributed by atoms with Crippen LogP contribution in [-0.4, -0.2) is 16.7 Å². The minimum Gasteiger partial charge on any atom is -0.486 e. The molecule has 1 heterocycles. The zero-order chi connectivity index (χ0) is 13.8. The lowest BCUT2D eigenvalue weighted by atomic mass is 10.1. The minimum absolute atomic E-state index is 0.167. The highest BCUT2D eigenvalue weighted by Gasteiger charge is 2.08. The van der Waals surface area contributed by atoms with E-state index < -0.39 is 0 Å². The number of rotatable bonds is 5. The first-order valence-electron chi connectivity index (χ1n) is 6.37. The number of aryl methyl sites for hydroxylation is 2. The van der Waals surface area contributed by atoms with E-state index in [-0.39, 0.29) is 6.61 Å². The molecule has 102 valence electrons. The molecule has 0 amide bonds. The average molecular weight is 277 g/mol. The Labute approximate surface area is 117 Å². The molecule has 0 saturated carbocycles. The third kappa shape index (κ3) is 3.33. The lowest BCUT2D eigenvalue weighted by molar-refractivity contribution is 0.300. The SMILES string of the molecule is Cc1cccc(OCc2nc(C)c(CCO)s2)c1C. The van der Waals surface area contributed by atoms with Crippen molar-refractivity contribution in [2.75, 3.05) is 6.61 Å². The van der Waals surface area contributed by atoms with Gasteiger partial charge in [-0.2, -0.15) is 0 Å². The molecule has 0 atom stereocenters. The number of aliphatic hydroxyl groups excluding tert-OH is 1. The summed E-state index contributed by atoms with van der Waals surface area (Å²) >= 11 is 1.62. The second-order valence-electron chi connectivity index (χ2n) is 4.58. The van der Waals surface area contributed by atoms with Gasteiger partial charge in [0.1, 0.15) is 17.4 Å². The van der Waals surface area contributed by atoms with Gasteiger partial charge in [-0.25, -0.2) is 4.98 Å². The van der Waals surface area contributed by atoms with Crippen LogP contribution in [0, 0.1) is 20.8 Å². The second kappa shape index (κ2) is 6.17. The summed E-state index contributed by atoms with van der Waals surface area (Å²) in [6.45, 7) is 6.77. The first-order chi connectivity index (χ1) is 9.11. The second-order valence-corrected chi connectivity index (χ2v) is 5.74. The largest absolute Gasteiger partial charge is 0.486 e. The van der Waals surface area contributed by atoms with Crippen molar-refractivity contribution in [3.63, 3.8) is 0 Å². The molecule has 1 N–H and O–H groups in total. The molecule has 0 unspecified atom stereocenters. The number of nitrogens with zero attached hydrogens (tertiary/aromatic N) is 1. The van der Waals surface area contributed by atoms with Crippen molar-refractivity contribution in [2.45, 2.75) is 33.8 Å². The van der Waals surface area contributed by atoms with Crippen LogP contribution in [-0.2, 0) is 13.0 Å². The maximum atomic E-state index is 8.98. The maximum Gasteiger partial charge on any atom is 0.140 e. The third-order valence-corrected chi connectivity index (χ3v) is 4.37. The van der Waals surface area contributed by atoms with Crippen LogP contribution in [0.4, 0.5) is 0 Å². The molecule has 0 saturated heterocycles. The van der Waals surface area contributed by atoms with Gasteiger partial charge in [-0.05, 0) is 38.0 Å². The van der Waals surface area contributed by atoms with Crippen LogP contribution in [0.1, 0.15) is 26.7 Å². The van der Waals surface area contributed by atoms with Gasteiger partial charge < -0.3 is 9.84 Å². The predicted molar refractivity (Wildman–Crippen MR) is 77.9 cm³/mol. The fourth-order valence-electron chi connectivity index (χ4n) is 1.90. The van der Waals surface area contributed by atoms with Crippen LogP contribution < -0.4 is 4.74 Å². The molecule has 0 radical (unpaired) electrons. The number of thiazole rings is 1. The maximum absolute atomic E-state index is 8.98. The molecule has 0 aliphatic rings. The highest BCUT2D eigenvalue weighted by atomic mass is 32.1. The van der Waals surface area contributed by atoms with Gasteiger partial charge in [-0.3, -0.25) is 0 Å². The van der Waals surface area contributed by atoms with Crippen LogP contribution in [0.2, 0.25) is 0 Å². The molecule has 0 fully saturated rings. The van der Waals surface area contributed by atoms with Gasteiger partial charge in [0.25, 0.3) is 0 Å². The van der Waals surface area contributed by atoms with Crippen molar-refractivity contribution < 1.29 is 9.84 Å². The highest BCUT2D eigenvalue weighted by molar-refractivity contribution is 7.11. The molecule has 1 aromatic heterocycles. The lowest BCUT2D eigenvalue weighted by Crippen LogP contribution is -1.97. The topological polar surface area (TPSA) is 42.4 Å². The average Bonchev–Trinajstić information content (AvgIpc) is 2.73. The van der Waals surface area contributed by atoms with E-state index in [4.69, 9.17) is 9.84 Å². The first kappa shape index (κ1) is 14.0. The molecule has 2 aromatic rings. The molecule has 19 heavy (non-hydrogen) atoms. The molecule has 2 rings (SSSR count). The number of hydrogen-bond acceptors (Lipinski definition) is 4.